The summed E-state index contributed by atoms with van der Waals surface area (Å²) in [4.78, 5) is 25.6. The third kappa shape index (κ3) is 5.63. The van der Waals surface area contributed by atoms with Gasteiger partial charge < -0.3 is 9.32 Å². The highest BCUT2D eigenvalue weighted by atomic mass is 16.6. The van der Waals surface area contributed by atoms with Gasteiger partial charge in [0.25, 0.3) is 11.6 Å². The Bertz CT molecular complexity index is 1300. The molecule has 1 aliphatic carbocycles. The number of hydrogen-bond donors (Lipinski definition) is 0. The van der Waals surface area contributed by atoms with Crippen molar-refractivity contribution in [2.45, 2.75) is 84.6 Å². The zero-order valence-corrected chi connectivity index (χ0v) is 22.9. The van der Waals surface area contributed by atoms with E-state index in [1.54, 1.807) is 23.1 Å². The summed E-state index contributed by atoms with van der Waals surface area (Å²) in [5.74, 6) is 0.921. The van der Waals surface area contributed by atoms with Gasteiger partial charge in [-0.25, -0.2) is 0 Å². The first kappa shape index (κ1) is 26.6. The number of aryl methyl sites for hydroxylation is 1. The topological polar surface area (TPSA) is 76.6 Å². The highest BCUT2D eigenvalue weighted by Gasteiger charge is 2.37. The Morgan fingerprint density at radius 2 is 1.62 bits per heavy atom. The lowest BCUT2D eigenvalue weighted by Crippen LogP contribution is -2.34. The molecule has 0 saturated heterocycles. The molecule has 1 amide bonds. The van der Waals surface area contributed by atoms with Crippen molar-refractivity contribution in [1.82, 2.24) is 4.90 Å². The molecule has 0 saturated carbocycles. The first-order valence-corrected chi connectivity index (χ1v) is 13.2. The zero-order chi connectivity index (χ0) is 27.0. The monoisotopic (exact) mass is 502 g/mol. The van der Waals surface area contributed by atoms with Gasteiger partial charge in [-0.3, -0.25) is 14.9 Å². The van der Waals surface area contributed by atoms with Gasteiger partial charge in [0.2, 0.25) is 0 Å². The molecule has 3 aromatic rings. The molecule has 1 aromatic heterocycles. The van der Waals surface area contributed by atoms with E-state index in [1.807, 2.05) is 13.0 Å². The smallest absolute Gasteiger partial charge is 0.289 e. The molecule has 0 N–H and O–H groups in total. The van der Waals surface area contributed by atoms with E-state index in [0.29, 0.717) is 25.3 Å². The van der Waals surface area contributed by atoms with Crippen molar-refractivity contribution < 1.29 is 14.1 Å². The maximum absolute atomic E-state index is 13.3. The van der Waals surface area contributed by atoms with Gasteiger partial charge in [-0.1, -0.05) is 58.9 Å². The van der Waals surface area contributed by atoms with Gasteiger partial charge >= 0.3 is 0 Å². The fraction of sp³-hybridized carbons (Fsp3) is 0.452. The van der Waals surface area contributed by atoms with Crippen molar-refractivity contribution in [1.29, 1.82) is 0 Å². The van der Waals surface area contributed by atoms with Crippen LogP contribution in [0.4, 0.5) is 5.69 Å². The van der Waals surface area contributed by atoms with Crippen LogP contribution >= 0.6 is 0 Å². The normalized spacial score (nSPS) is 15.7. The van der Waals surface area contributed by atoms with E-state index in [0.717, 1.165) is 24.2 Å². The van der Waals surface area contributed by atoms with E-state index in [4.69, 9.17) is 4.42 Å². The van der Waals surface area contributed by atoms with Gasteiger partial charge in [-0.05, 0) is 77.0 Å². The number of non-ortho nitro benzene ring substituents is 1. The Labute approximate surface area is 219 Å². The molecule has 196 valence electrons. The largest absolute Gasteiger partial charge is 0.456 e. The molecular weight excluding hydrogens is 464 g/mol. The molecule has 6 nitrogen and oxygen atoms in total. The quantitative estimate of drug-likeness (QED) is 0.236. The third-order valence-electron chi connectivity index (χ3n) is 7.85. The minimum Gasteiger partial charge on any atom is -0.456 e. The van der Waals surface area contributed by atoms with E-state index in [1.165, 1.54) is 40.8 Å². The van der Waals surface area contributed by atoms with Crippen molar-refractivity contribution in [3.05, 3.63) is 98.0 Å². The van der Waals surface area contributed by atoms with Crippen LogP contribution in [-0.2, 0) is 23.8 Å². The number of furan rings is 1. The summed E-state index contributed by atoms with van der Waals surface area (Å²) < 4.78 is 6.08. The summed E-state index contributed by atoms with van der Waals surface area (Å²) in [5, 5.41) is 10.9. The zero-order valence-electron chi connectivity index (χ0n) is 22.9. The molecule has 0 bridgehead atoms. The molecule has 1 aliphatic rings. The number of nitrogens with zero attached hydrogens (tertiary/aromatic N) is 2. The van der Waals surface area contributed by atoms with Gasteiger partial charge in [0.05, 0.1) is 4.92 Å². The van der Waals surface area contributed by atoms with E-state index in [9.17, 15) is 14.9 Å². The number of carbonyl (C=O) groups excluding carboxylic acids is 1. The van der Waals surface area contributed by atoms with Crippen molar-refractivity contribution in [2.24, 2.45) is 0 Å². The SMILES string of the molecule is CCCN(Cc1ccc([N+](=O)[O-])cc1)C(=O)c1ccc(Cc2cc3c(cc2C)C(C)(C)CCC3(C)C)o1. The van der Waals surface area contributed by atoms with Crippen LogP contribution in [0.15, 0.2) is 52.9 Å². The standard InChI is InChI=1S/C31H38N2O4/c1-7-16-32(20-22-8-10-24(11-9-22)33(35)36)29(34)28-13-12-25(37-28)18-23-19-27-26(17-21(23)2)30(3,4)14-15-31(27,5)6/h8-13,17,19H,7,14-16,18,20H2,1-6H3. The lowest BCUT2D eigenvalue weighted by Gasteiger charge is -2.42. The van der Waals surface area contributed by atoms with E-state index in [-0.39, 0.29) is 22.4 Å². The molecule has 4 rings (SSSR count). The number of hydrogen-bond acceptors (Lipinski definition) is 4. The van der Waals surface area contributed by atoms with Crippen molar-refractivity contribution in [2.75, 3.05) is 6.54 Å². The fourth-order valence-corrected chi connectivity index (χ4v) is 5.35. The summed E-state index contributed by atoms with van der Waals surface area (Å²) >= 11 is 0. The van der Waals surface area contributed by atoms with Crippen LogP contribution in [0.2, 0.25) is 0 Å². The predicted octanol–water partition coefficient (Wildman–Crippen LogP) is 7.49. The number of nitro benzene ring substituents is 1. The molecule has 0 atom stereocenters. The molecule has 0 spiro atoms. The first-order chi connectivity index (χ1) is 17.4. The minimum atomic E-state index is -0.421. The van der Waals surface area contributed by atoms with Crippen LogP contribution in [0.3, 0.4) is 0 Å². The number of carbonyl (C=O) groups is 1. The van der Waals surface area contributed by atoms with E-state index in [2.05, 4.69) is 46.8 Å². The molecule has 37 heavy (non-hydrogen) atoms. The number of benzene rings is 2. The summed E-state index contributed by atoms with van der Waals surface area (Å²) in [6.45, 7) is 14.5. The second-order valence-corrected chi connectivity index (χ2v) is 11.7. The maximum atomic E-state index is 13.3. The highest BCUT2D eigenvalue weighted by Crippen LogP contribution is 2.46. The van der Waals surface area contributed by atoms with Crippen molar-refractivity contribution >= 4 is 11.6 Å². The van der Waals surface area contributed by atoms with Gasteiger partial charge in [0.1, 0.15) is 5.76 Å². The number of rotatable bonds is 8. The molecule has 0 unspecified atom stereocenters. The molecular formula is C31H38N2O4. The highest BCUT2D eigenvalue weighted by molar-refractivity contribution is 5.91. The third-order valence-corrected chi connectivity index (χ3v) is 7.85. The Morgan fingerprint density at radius 1 is 1.00 bits per heavy atom. The molecule has 0 aliphatic heterocycles. The van der Waals surface area contributed by atoms with Crippen LogP contribution in [0, 0.1) is 17.0 Å². The first-order valence-electron chi connectivity index (χ1n) is 13.2. The van der Waals surface area contributed by atoms with Crippen LogP contribution in [0.1, 0.15) is 98.0 Å². The van der Waals surface area contributed by atoms with E-state index >= 15 is 0 Å². The van der Waals surface area contributed by atoms with Crippen molar-refractivity contribution in [3.63, 3.8) is 0 Å². The summed E-state index contributed by atoms with van der Waals surface area (Å²) in [7, 11) is 0. The van der Waals surface area contributed by atoms with Crippen LogP contribution in [-0.4, -0.2) is 22.3 Å². The minimum absolute atomic E-state index is 0.0391. The number of amides is 1. The van der Waals surface area contributed by atoms with Crippen molar-refractivity contribution in [3.8, 4) is 0 Å². The summed E-state index contributed by atoms with van der Waals surface area (Å²) in [5.41, 5.74) is 6.53. The second kappa shape index (κ2) is 10.2. The van der Waals surface area contributed by atoms with Gasteiger partial charge in [0.15, 0.2) is 5.76 Å². The van der Waals surface area contributed by atoms with Crippen LogP contribution in [0.5, 0.6) is 0 Å². The predicted molar refractivity (Wildman–Crippen MR) is 146 cm³/mol. The number of fused-ring (bicyclic) bond motifs is 1. The summed E-state index contributed by atoms with van der Waals surface area (Å²) in [6, 6.07) is 14.7. The van der Waals surface area contributed by atoms with E-state index < -0.39 is 4.92 Å². The molecule has 1 heterocycles. The Hall–Kier alpha value is -3.41. The molecule has 2 aromatic carbocycles. The van der Waals surface area contributed by atoms with Gasteiger partial charge in [-0.2, -0.15) is 0 Å². The van der Waals surface area contributed by atoms with Crippen LogP contribution in [0.25, 0.3) is 0 Å². The molecule has 6 heteroatoms. The maximum Gasteiger partial charge on any atom is 0.289 e. The lowest BCUT2D eigenvalue weighted by molar-refractivity contribution is -0.384. The average Bonchev–Trinajstić information content (AvgIpc) is 3.31. The Morgan fingerprint density at radius 3 is 2.22 bits per heavy atom. The Balaban J connectivity index is 1.54. The van der Waals surface area contributed by atoms with Crippen LogP contribution < -0.4 is 0 Å². The average molecular weight is 503 g/mol. The fourth-order valence-electron chi connectivity index (χ4n) is 5.35. The summed E-state index contributed by atoms with van der Waals surface area (Å²) in [6.07, 6.45) is 3.78. The molecule has 0 radical (unpaired) electrons. The van der Waals surface area contributed by atoms with Gasteiger partial charge in [0, 0.05) is 31.6 Å². The second-order valence-electron chi connectivity index (χ2n) is 11.7. The Kier molecular flexibility index (Phi) is 7.31. The molecule has 0 fully saturated rings. The number of nitro groups is 1. The lowest BCUT2D eigenvalue weighted by atomic mass is 9.62. The van der Waals surface area contributed by atoms with Gasteiger partial charge in [-0.15, -0.1) is 0 Å².